The molecule has 0 radical (unpaired) electrons. The Kier molecular flexibility index (Phi) is 2.98. The lowest BCUT2D eigenvalue weighted by molar-refractivity contribution is -0.384. The van der Waals surface area contributed by atoms with Gasteiger partial charge in [-0.25, -0.2) is 4.52 Å². The highest BCUT2D eigenvalue weighted by molar-refractivity contribution is 6.06. The summed E-state index contributed by atoms with van der Waals surface area (Å²) in [4.78, 5) is 22.2. The molecule has 0 aliphatic heterocycles. The Bertz CT molecular complexity index is 850. The maximum atomic E-state index is 11.9. The van der Waals surface area contributed by atoms with E-state index in [0.717, 1.165) is 5.52 Å². The molecule has 21 heavy (non-hydrogen) atoms. The minimum absolute atomic E-state index is 0.00638. The van der Waals surface area contributed by atoms with E-state index in [-0.39, 0.29) is 11.5 Å². The molecule has 0 bridgehead atoms. The normalized spacial score (nSPS) is 10.7. The lowest BCUT2D eigenvalue weighted by Crippen LogP contribution is -1.94. The van der Waals surface area contributed by atoms with Gasteiger partial charge in [-0.3, -0.25) is 14.9 Å². The van der Waals surface area contributed by atoms with Gasteiger partial charge >= 0.3 is 0 Å². The molecule has 0 N–H and O–H groups in total. The van der Waals surface area contributed by atoms with E-state index in [4.69, 9.17) is 0 Å². The Morgan fingerprint density at radius 2 is 1.90 bits per heavy atom. The van der Waals surface area contributed by atoms with Crippen LogP contribution < -0.4 is 0 Å². The Morgan fingerprint density at radius 1 is 1.19 bits per heavy atom. The van der Waals surface area contributed by atoms with Crippen molar-refractivity contribution in [3.8, 4) is 11.3 Å². The van der Waals surface area contributed by atoms with Crippen LogP contribution in [-0.4, -0.2) is 20.3 Å². The van der Waals surface area contributed by atoms with E-state index in [2.05, 4.69) is 5.10 Å². The first-order valence-corrected chi connectivity index (χ1v) is 6.31. The van der Waals surface area contributed by atoms with Crippen molar-refractivity contribution in [3.63, 3.8) is 0 Å². The van der Waals surface area contributed by atoms with Crippen molar-refractivity contribution in [2.75, 3.05) is 0 Å². The van der Waals surface area contributed by atoms with Gasteiger partial charge in [0, 0.05) is 23.9 Å². The number of carbonyl (C=O) groups is 1. The van der Waals surface area contributed by atoms with Crippen molar-refractivity contribution >= 4 is 17.0 Å². The maximum absolute atomic E-state index is 11.9. The molecule has 0 amide bonds. The molecule has 3 aromatic rings. The molecule has 6 nitrogen and oxygen atoms in total. The zero-order valence-corrected chi connectivity index (χ0v) is 11.2. The van der Waals surface area contributed by atoms with E-state index in [1.54, 1.807) is 22.8 Å². The number of ketones is 1. The van der Waals surface area contributed by atoms with Crippen molar-refractivity contribution in [3.05, 3.63) is 64.3 Å². The molecule has 0 fully saturated rings. The summed E-state index contributed by atoms with van der Waals surface area (Å²) in [6, 6.07) is 11.5. The first-order chi connectivity index (χ1) is 10.1. The molecule has 0 unspecified atom stereocenters. The highest BCUT2D eigenvalue weighted by Gasteiger charge is 2.18. The third-order valence-corrected chi connectivity index (χ3v) is 3.24. The predicted molar refractivity (Wildman–Crippen MR) is 77.3 cm³/mol. The second-order valence-corrected chi connectivity index (χ2v) is 4.61. The first-order valence-electron chi connectivity index (χ1n) is 6.31. The lowest BCUT2D eigenvalue weighted by Gasteiger charge is -1.99. The van der Waals surface area contributed by atoms with Crippen molar-refractivity contribution in [1.29, 1.82) is 0 Å². The maximum Gasteiger partial charge on any atom is 0.269 e. The minimum Gasteiger partial charge on any atom is -0.294 e. The zero-order chi connectivity index (χ0) is 15.0. The highest BCUT2D eigenvalue weighted by atomic mass is 16.6. The zero-order valence-electron chi connectivity index (χ0n) is 11.2. The van der Waals surface area contributed by atoms with E-state index < -0.39 is 4.92 Å². The number of nitro benzene ring substituents is 1. The number of fused-ring (bicyclic) bond motifs is 1. The van der Waals surface area contributed by atoms with Crippen LogP contribution in [0.3, 0.4) is 0 Å². The number of rotatable bonds is 3. The van der Waals surface area contributed by atoms with E-state index >= 15 is 0 Å². The molecular formula is C15H11N3O3. The van der Waals surface area contributed by atoms with Gasteiger partial charge in [-0.1, -0.05) is 6.07 Å². The van der Waals surface area contributed by atoms with Crippen LogP contribution in [0, 0.1) is 10.1 Å². The van der Waals surface area contributed by atoms with Crippen molar-refractivity contribution in [1.82, 2.24) is 9.61 Å². The van der Waals surface area contributed by atoms with Gasteiger partial charge in [0.2, 0.25) is 0 Å². The van der Waals surface area contributed by atoms with Gasteiger partial charge in [-0.15, -0.1) is 0 Å². The van der Waals surface area contributed by atoms with Crippen LogP contribution >= 0.6 is 0 Å². The lowest BCUT2D eigenvalue weighted by atomic mass is 10.0. The number of carbonyl (C=O) groups excluding carboxylic acids is 1. The summed E-state index contributed by atoms with van der Waals surface area (Å²) < 4.78 is 1.63. The van der Waals surface area contributed by atoms with Crippen LogP contribution in [0.2, 0.25) is 0 Å². The van der Waals surface area contributed by atoms with Crippen LogP contribution in [-0.2, 0) is 0 Å². The van der Waals surface area contributed by atoms with E-state index in [9.17, 15) is 14.9 Å². The molecule has 3 rings (SSSR count). The predicted octanol–water partition coefficient (Wildman–Crippen LogP) is 3.11. The average molecular weight is 281 g/mol. The van der Waals surface area contributed by atoms with Crippen molar-refractivity contribution in [2.45, 2.75) is 6.92 Å². The summed E-state index contributed by atoms with van der Waals surface area (Å²) in [5.41, 5.74) is 2.45. The van der Waals surface area contributed by atoms with Crippen LogP contribution in [0.15, 0.2) is 48.7 Å². The second-order valence-electron chi connectivity index (χ2n) is 4.61. The number of benzene rings is 1. The van der Waals surface area contributed by atoms with Gasteiger partial charge in [-0.05, 0) is 31.2 Å². The number of nitrogens with zero attached hydrogens (tertiary/aromatic N) is 3. The molecule has 0 spiro atoms. The van der Waals surface area contributed by atoms with E-state index in [1.807, 2.05) is 18.2 Å². The quantitative estimate of drug-likeness (QED) is 0.420. The van der Waals surface area contributed by atoms with Crippen molar-refractivity contribution < 1.29 is 9.72 Å². The Labute approximate surface area is 119 Å². The molecule has 0 aliphatic rings. The molecule has 1 aromatic carbocycles. The summed E-state index contributed by atoms with van der Waals surface area (Å²) in [5, 5.41) is 15.1. The fraction of sp³-hybridized carbons (Fsp3) is 0.0667. The molecule has 0 atom stereocenters. The standard InChI is InChI=1S/C15H11N3O3/c1-10(19)14-13-4-2-3-9-17(13)16-15(14)11-5-7-12(8-6-11)18(20)21/h2-9H,1H3. The summed E-state index contributed by atoms with van der Waals surface area (Å²) in [6.45, 7) is 1.49. The summed E-state index contributed by atoms with van der Waals surface area (Å²) >= 11 is 0. The second kappa shape index (κ2) is 4.82. The van der Waals surface area contributed by atoms with Crippen LogP contribution in [0.4, 0.5) is 5.69 Å². The molecule has 0 aliphatic carbocycles. The number of nitro groups is 1. The van der Waals surface area contributed by atoms with E-state index in [1.165, 1.54) is 19.1 Å². The number of hydrogen-bond acceptors (Lipinski definition) is 4. The molecule has 0 saturated carbocycles. The minimum atomic E-state index is -0.459. The largest absolute Gasteiger partial charge is 0.294 e. The number of Topliss-reactive ketones (excluding diaryl/α,β-unsaturated/α-hetero) is 1. The molecule has 104 valence electrons. The van der Waals surface area contributed by atoms with Gasteiger partial charge in [0.05, 0.1) is 16.0 Å². The van der Waals surface area contributed by atoms with Crippen LogP contribution in [0.25, 0.3) is 16.8 Å². The SMILES string of the molecule is CC(=O)c1c(-c2ccc([N+](=O)[O-])cc2)nn2ccccc12. The number of pyridine rings is 1. The topological polar surface area (TPSA) is 77.5 Å². The van der Waals surface area contributed by atoms with Gasteiger partial charge in [0.1, 0.15) is 5.69 Å². The molecule has 2 heterocycles. The fourth-order valence-corrected chi connectivity index (χ4v) is 2.29. The fourth-order valence-electron chi connectivity index (χ4n) is 2.29. The molecule has 6 heteroatoms. The third-order valence-electron chi connectivity index (χ3n) is 3.24. The van der Waals surface area contributed by atoms with E-state index in [0.29, 0.717) is 16.8 Å². The molecule has 0 saturated heterocycles. The monoisotopic (exact) mass is 281 g/mol. The Hall–Kier alpha value is -3.02. The van der Waals surface area contributed by atoms with Crippen molar-refractivity contribution in [2.24, 2.45) is 0 Å². The number of non-ortho nitro benzene ring substituents is 1. The number of hydrogen-bond donors (Lipinski definition) is 0. The van der Waals surface area contributed by atoms with Crippen LogP contribution in [0.1, 0.15) is 17.3 Å². The highest BCUT2D eigenvalue weighted by Crippen LogP contribution is 2.28. The molecule has 2 aromatic heterocycles. The van der Waals surface area contributed by atoms with Gasteiger partial charge in [0.15, 0.2) is 5.78 Å². The van der Waals surface area contributed by atoms with Gasteiger partial charge in [-0.2, -0.15) is 5.10 Å². The Balaban J connectivity index is 2.22. The molecular weight excluding hydrogens is 270 g/mol. The van der Waals surface area contributed by atoms with Gasteiger partial charge < -0.3 is 0 Å². The number of aromatic nitrogens is 2. The van der Waals surface area contributed by atoms with Crippen LogP contribution in [0.5, 0.6) is 0 Å². The smallest absolute Gasteiger partial charge is 0.269 e. The first kappa shape index (κ1) is 13.0. The Morgan fingerprint density at radius 3 is 2.52 bits per heavy atom. The summed E-state index contributed by atoms with van der Waals surface area (Å²) in [7, 11) is 0. The summed E-state index contributed by atoms with van der Waals surface area (Å²) in [5.74, 6) is -0.0930. The summed E-state index contributed by atoms with van der Waals surface area (Å²) in [6.07, 6.45) is 1.76. The third kappa shape index (κ3) is 2.16. The average Bonchev–Trinajstić information content (AvgIpc) is 2.86. The van der Waals surface area contributed by atoms with Gasteiger partial charge in [0.25, 0.3) is 5.69 Å².